The SMILES string of the molecule is CCc1nc2cc(-c3ccc(-c4nc5ccccc5n4-c4ccccc4)cc3)cc3c2n1-c1ccccc1S3(=O)=O. The number of sulfone groups is 1. The number of aromatic nitrogens is 4. The zero-order valence-corrected chi connectivity index (χ0v) is 23.0. The van der Waals surface area contributed by atoms with Crippen LogP contribution in [-0.2, 0) is 16.3 Å². The van der Waals surface area contributed by atoms with Crippen molar-refractivity contribution in [3.63, 3.8) is 0 Å². The molecular weight excluding hydrogens is 528 g/mol. The molecule has 1 aliphatic rings. The Morgan fingerprint density at radius 2 is 1.34 bits per heavy atom. The summed E-state index contributed by atoms with van der Waals surface area (Å²) in [4.78, 5) is 10.5. The first-order chi connectivity index (χ1) is 20.0. The Bertz CT molecular complexity index is 2250. The Kier molecular flexibility index (Phi) is 5.09. The minimum atomic E-state index is -3.71. The van der Waals surface area contributed by atoms with Gasteiger partial charge in [-0.1, -0.05) is 73.7 Å². The van der Waals surface area contributed by atoms with Crippen LogP contribution in [0.2, 0.25) is 0 Å². The second-order valence-corrected chi connectivity index (χ2v) is 12.1. The molecule has 2 aromatic heterocycles. The Balaban J connectivity index is 1.29. The van der Waals surface area contributed by atoms with E-state index in [2.05, 4.69) is 22.8 Å². The number of aryl methyl sites for hydroxylation is 1. The molecule has 5 aromatic carbocycles. The van der Waals surface area contributed by atoms with Crippen LogP contribution in [0, 0.1) is 0 Å². The van der Waals surface area contributed by atoms with Gasteiger partial charge < -0.3 is 0 Å². The predicted molar refractivity (Wildman–Crippen MR) is 161 cm³/mol. The summed E-state index contributed by atoms with van der Waals surface area (Å²) >= 11 is 0. The van der Waals surface area contributed by atoms with Gasteiger partial charge in [-0.25, -0.2) is 18.4 Å². The van der Waals surface area contributed by atoms with Crippen LogP contribution in [0.1, 0.15) is 12.7 Å². The maximum atomic E-state index is 13.8. The zero-order valence-electron chi connectivity index (χ0n) is 22.2. The van der Waals surface area contributed by atoms with Crippen LogP contribution < -0.4 is 0 Å². The molecule has 0 radical (unpaired) electrons. The number of benzene rings is 5. The minimum Gasteiger partial charge on any atom is -0.294 e. The fourth-order valence-corrected chi connectivity index (χ4v) is 7.61. The molecule has 41 heavy (non-hydrogen) atoms. The number of rotatable bonds is 4. The smallest absolute Gasteiger partial charge is 0.210 e. The lowest BCUT2D eigenvalue weighted by Crippen LogP contribution is -2.15. The van der Waals surface area contributed by atoms with Gasteiger partial charge in [0.05, 0.1) is 37.5 Å². The summed E-state index contributed by atoms with van der Waals surface area (Å²) in [5.74, 6) is 1.69. The second-order valence-electron chi connectivity index (χ2n) is 10.2. The number of fused-ring (bicyclic) bond motifs is 3. The second kappa shape index (κ2) is 8.74. The third-order valence-corrected chi connectivity index (χ3v) is 9.65. The molecule has 0 unspecified atom stereocenters. The van der Waals surface area contributed by atoms with Crippen molar-refractivity contribution >= 4 is 31.9 Å². The highest BCUT2D eigenvalue weighted by Gasteiger charge is 2.33. The zero-order chi connectivity index (χ0) is 27.7. The van der Waals surface area contributed by atoms with Crippen molar-refractivity contribution in [3.8, 4) is 33.9 Å². The first-order valence-corrected chi connectivity index (χ1v) is 15.1. The highest BCUT2D eigenvalue weighted by Crippen LogP contribution is 2.41. The van der Waals surface area contributed by atoms with E-state index in [-0.39, 0.29) is 0 Å². The number of hydrogen-bond donors (Lipinski definition) is 0. The summed E-state index contributed by atoms with van der Waals surface area (Å²) in [5.41, 5.74) is 7.69. The van der Waals surface area contributed by atoms with Crippen LogP contribution >= 0.6 is 0 Å². The summed E-state index contributed by atoms with van der Waals surface area (Å²) in [6, 6.07) is 37.4. The summed E-state index contributed by atoms with van der Waals surface area (Å²) in [6.07, 6.45) is 0.689. The summed E-state index contributed by atoms with van der Waals surface area (Å²) in [5, 5.41) is 0. The highest BCUT2D eigenvalue weighted by atomic mass is 32.2. The van der Waals surface area contributed by atoms with E-state index in [1.807, 2.05) is 90.4 Å². The lowest BCUT2D eigenvalue weighted by molar-refractivity contribution is 0.594. The Hall–Kier alpha value is -5.01. The van der Waals surface area contributed by atoms with Gasteiger partial charge in [-0.3, -0.25) is 9.13 Å². The van der Waals surface area contributed by atoms with Gasteiger partial charge in [0.15, 0.2) is 0 Å². The Morgan fingerprint density at radius 3 is 2.15 bits per heavy atom. The van der Waals surface area contributed by atoms with Crippen LogP contribution in [0.5, 0.6) is 0 Å². The van der Waals surface area contributed by atoms with Crippen molar-refractivity contribution in [2.24, 2.45) is 0 Å². The number of hydrogen-bond acceptors (Lipinski definition) is 4. The molecule has 0 fully saturated rings. The molecule has 0 amide bonds. The average Bonchev–Trinajstić information content (AvgIpc) is 3.59. The van der Waals surface area contributed by atoms with Gasteiger partial charge in [-0.05, 0) is 59.7 Å². The molecule has 0 saturated carbocycles. The fourth-order valence-electron chi connectivity index (χ4n) is 5.95. The third kappa shape index (κ3) is 3.45. The first-order valence-electron chi connectivity index (χ1n) is 13.6. The van der Waals surface area contributed by atoms with E-state index < -0.39 is 9.84 Å². The quantitative estimate of drug-likeness (QED) is 0.228. The van der Waals surface area contributed by atoms with Crippen molar-refractivity contribution in [2.75, 3.05) is 0 Å². The van der Waals surface area contributed by atoms with Gasteiger partial charge in [0, 0.05) is 17.7 Å². The molecule has 3 heterocycles. The van der Waals surface area contributed by atoms with Gasteiger partial charge in [0.1, 0.15) is 11.6 Å². The minimum absolute atomic E-state index is 0.297. The van der Waals surface area contributed by atoms with Gasteiger partial charge in [-0.2, -0.15) is 0 Å². The van der Waals surface area contributed by atoms with Gasteiger partial charge >= 0.3 is 0 Å². The molecule has 0 N–H and O–H groups in total. The van der Waals surface area contributed by atoms with Crippen molar-refractivity contribution in [1.82, 2.24) is 19.1 Å². The Morgan fingerprint density at radius 1 is 0.634 bits per heavy atom. The van der Waals surface area contributed by atoms with Crippen molar-refractivity contribution in [1.29, 1.82) is 0 Å². The maximum absolute atomic E-state index is 13.8. The van der Waals surface area contributed by atoms with Crippen LogP contribution in [0.3, 0.4) is 0 Å². The molecule has 0 saturated heterocycles. The highest BCUT2D eigenvalue weighted by molar-refractivity contribution is 7.92. The maximum Gasteiger partial charge on any atom is 0.210 e. The van der Waals surface area contributed by atoms with E-state index in [0.29, 0.717) is 32.9 Å². The number of imidazole rings is 2. The molecule has 0 atom stereocenters. The van der Waals surface area contributed by atoms with Crippen molar-refractivity contribution < 1.29 is 8.42 Å². The normalized spacial score (nSPS) is 13.5. The van der Waals surface area contributed by atoms with E-state index in [9.17, 15) is 8.42 Å². The lowest BCUT2D eigenvalue weighted by atomic mass is 10.0. The lowest BCUT2D eigenvalue weighted by Gasteiger charge is -2.21. The third-order valence-electron chi connectivity index (χ3n) is 7.84. The molecule has 7 heteroatoms. The van der Waals surface area contributed by atoms with Gasteiger partial charge in [0.25, 0.3) is 0 Å². The summed E-state index contributed by atoms with van der Waals surface area (Å²) in [7, 11) is -3.71. The molecule has 6 nitrogen and oxygen atoms in total. The van der Waals surface area contributed by atoms with Crippen LogP contribution in [0.25, 0.3) is 56.0 Å². The molecule has 0 aliphatic carbocycles. The largest absolute Gasteiger partial charge is 0.294 e. The standard InChI is InChI=1S/C34H24N4O2S/c1-2-32-35-27-20-24(21-31-33(27)38(32)29-14-8-9-15-30(29)41(31,39)40)22-16-18-23(19-17-22)34-36-26-12-6-7-13-28(26)37(34)25-10-4-3-5-11-25/h3-21H,2H2,1H3. The fraction of sp³-hybridized carbons (Fsp3) is 0.0588. The first kappa shape index (κ1) is 23.8. The Labute approximate surface area is 237 Å². The van der Waals surface area contributed by atoms with Crippen LogP contribution in [0.4, 0.5) is 0 Å². The van der Waals surface area contributed by atoms with Crippen molar-refractivity contribution in [3.05, 3.63) is 121 Å². The number of para-hydroxylation sites is 4. The molecule has 8 rings (SSSR count). The summed E-state index contributed by atoms with van der Waals surface area (Å²) in [6.45, 7) is 2.04. The monoisotopic (exact) mass is 552 g/mol. The molecular formula is C34H24N4O2S. The van der Waals surface area contributed by atoms with E-state index in [4.69, 9.17) is 9.97 Å². The van der Waals surface area contributed by atoms with E-state index in [0.717, 1.165) is 45.1 Å². The van der Waals surface area contributed by atoms with Gasteiger partial charge in [-0.15, -0.1) is 0 Å². The van der Waals surface area contributed by atoms with Crippen molar-refractivity contribution in [2.45, 2.75) is 23.1 Å². The van der Waals surface area contributed by atoms with Gasteiger partial charge in [0.2, 0.25) is 9.84 Å². The van der Waals surface area contributed by atoms with E-state index in [1.54, 1.807) is 18.2 Å². The predicted octanol–water partition coefficient (Wildman–Crippen LogP) is 7.41. The van der Waals surface area contributed by atoms with Crippen LogP contribution in [0.15, 0.2) is 125 Å². The molecule has 0 spiro atoms. The van der Waals surface area contributed by atoms with Crippen LogP contribution in [-0.4, -0.2) is 27.5 Å². The van der Waals surface area contributed by atoms with E-state index >= 15 is 0 Å². The average molecular weight is 553 g/mol. The van der Waals surface area contributed by atoms with E-state index in [1.165, 1.54) is 0 Å². The summed E-state index contributed by atoms with van der Waals surface area (Å²) < 4.78 is 31.8. The molecule has 1 aliphatic heterocycles. The molecule has 198 valence electrons. The topological polar surface area (TPSA) is 69.8 Å². The number of nitrogens with zero attached hydrogens (tertiary/aromatic N) is 4. The molecule has 7 aromatic rings. The molecule has 0 bridgehead atoms.